The Balaban J connectivity index is 6.86. The van der Waals surface area contributed by atoms with Crippen LogP contribution in [0, 0.1) is 11.3 Å². The second-order valence-electron chi connectivity index (χ2n) is 3.79. The first-order valence-corrected chi connectivity index (χ1v) is 4.95. The van der Waals surface area contributed by atoms with Gasteiger partial charge in [-0.05, 0) is 0 Å². The third-order valence-corrected chi connectivity index (χ3v) is 2.60. The van der Waals surface area contributed by atoms with Crippen LogP contribution in [-0.2, 0) is 19.1 Å². The van der Waals surface area contributed by atoms with Crippen LogP contribution in [0.15, 0.2) is 0 Å². The van der Waals surface area contributed by atoms with Crippen LogP contribution in [0.25, 0.3) is 0 Å². The molecule has 0 aliphatic rings. The van der Waals surface area contributed by atoms with Gasteiger partial charge in [0.2, 0.25) is 0 Å². The molecular formula is C9H7F9O4. The molecule has 0 aromatic rings. The zero-order valence-electron chi connectivity index (χ0n) is 10.6. The highest BCUT2D eigenvalue weighted by Crippen LogP contribution is 2.59. The first kappa shape index (κ1) is 20.3. The number of methoxy groups -OCH3 is 2. The minimum atomic E-state index is -6.84. The molecule has 22 heavy (non-hydrogen) atoms. The Kier molecular flexibility index (Phi) is 5.39. The lowest BCUT2D eigenvalue weighted by molar-refractivity contribution is -0.372. The zero-order chi connectivity index (χ0) is 18.1. The average Bonchev–Trinajstić information content (AvgIpc) is 2.29. The van der Waals surface area contributed by atoms with E-state index in [4.69, 9.17) is 0 Å². The number of ether oxygens (including phenoxy) is 2. The summed E-state index contributed by atoms with van der Waals surface area (Å²) in [6.45, 7) is 0. The van der Waals surface area contributed by atoms with Gasteiger partial charge in [0.25, 0.3) is 5.41 Å². The molecule has 130 valence electrons. The number of rotatable bonds is 3. The molecule has 1 atom stereocenters. The SMILES string of the molecule is COC(=O)C(C(F)(F)F)C(C(=O)OC)(C(F)(F)F)C(F)(F)F. The van der Waals surface area contributed by atoms with Gasteiger partial charge in [0.1, 0.15) is 0 Å². The van der Waals surface area contributed by atoms with Gasteiger partial charge in [0.05, 0.1) is 14.2 Å². The van der Waals surface area contributed by atoms with Crippen molar-refractivity contribution in [3.8, 4) is 0 Å². The van der Waals surface area contributed by atoms with Crippen LogP contribution in [0.4, 0.5) is 39.5 Å². The van der Waals surface area contributed by atoms with Crippen molar-refractivity contribution < 1.29 is 58.6 Å². The predicted molar refractivity (Wildman–Crippen MR) is 48.1 cm³/mol. The molecule has 13 heteroatoms. The van der Waals surface area contributed by atoms with E-state index in [0.29, 0.717) is 0 Å². The second-order valence-corrected chi connectivity index (χ2v) is 3.79. The van der Waals surface area contributed by atoms with Crippen molar-refractivity contribution in [2.24, 2.45) is 11.3 Å². The van der Waals surface area contributed by atoms with Gasteiger partial charge in [-0.25, -0.2) is 0 Å². The van der Waals surface area contributed by atoms with E-state index in [-0.39, 0.29) is 14.2 Å². The summed E-state index contributed by atoms with van der Waals surface area (Å²) in [5.74, 6) is -11.1. The van der Waals surface area contributed by atoms with Crippen molar-refractivity contribution in [1.29, 1.82) is 0 Å². The smallest absolute Gasteiger partial charge is 0.415 e. The van der Waals surface area contributed by atoms with Gasteiger partial charge in [0, 0.05) is 0 Å². The number of halogens is 9. The Labute approximate surface area is 116 Å². The van der Waals surface area contributed by atoms with Gasteiger partial charge in [-0.15, -0.1) is 0 Å². The van der Waals surface area contributed by atoms with Crippen molar-refractivity contribution in [3.63, 3.8) is 0 Å². The molecule has 0 saturated heterocycles. The Morgan fingerprint density at radius 3 is 1.32 bits per heavy atom. The third kappa shape index (κ3) is 3.06. The van der Waals surface area contributed by atoms with Crippen LogP contribution in [0.2, 0.25) is 0 Å². The number of hydrogen-bond donors (Lipinski definition) is 0. The summed E-state index contributed by atoms with van der Waals surface area (Å²) in [6.07, 6.45) is -20.1. The monoisotopic (exact) mass is 350 g/mol. The molecule has 0 amide bonds. The molecule has 0 saturated carbocycles. The Morgan fingerprint density at radius 2 is 1.14 bits per heavy atom. The summed E-state index contributed by atoms with van der Waals surface area (Å²) in [5, 5.41) is 0. The summed E-state index contributed by atoms with van der Waals surface area (Å²) in [4.78, 5) is 22.0. The third-order valence-electron chi connectivity index (χ3n) is 2.60. The lowest BCUT2D eigenvalue weighted by Crippen LogP contribution is -2.65. The van der Waals surface area contributed by atoms with Crippen LogP contribution in [-0.4, -0.2) is 44.7 Å². The molecular weight excluding hydrogens is 343 g/mol. The predicted octanol–water partition coefficient (Wildman–Crippen LogP) is 2.62. The van der Waals surface area contributed by atoms with Gasteiger partial charge in [0.15, 0.2) is 5.92 Å². The van der Waals surface area contributed by atoms with Crippen molar-refractivity contribution in [2.75, 3.05) is 14.2 Å². The number of carbonyl (C=O) groups is 2. The molecule has 0 aliphatic heterocycles. The summed E-state index contributed by atoms with van der Waals surface area (Å²) < 4.78 is 122. The first-order chi connectivity index (χ1) is 9.58. The van der Waals surface area contributed by atoms with E-state index in [1.165, 1.54) is 0 Å². The summed E-state index contributed by atoms with van der Waals surface area (Å²) in [6, 6.07) is 0. The molecule has 0 heterocycles. The quantitative estimate of drug-likeness (QED) is 0.580. The van der Waals surface area contributed by atoms with Crippen molar-refractivity contribution >= 4 is 11.9 Å². The van der Waals surface area contributed by atoms with E-state index in [1.807, 2.05) is 0 Å². The number of hydrogen-bond acceptors (Lipinski definition) is 4. The van der Waals surface area contributed by atoms with Crippen molar-refractivity contribution in [1.82, 2.24) is 0 Å². The molecule has 0 bridgehead atoms. The van der Waals surface area contributed by atoms with Crippen LogP contribution < -0.4 is 0 Å². The van der Waals surface area contributed by atoms with Gasteiger partial charge in [-0.3, -0.25) is 9.59 Å². The largest absolute Gasteiger partial charge is 0.469 e. The van der Waals surface area contributed by atoms with Gasteiger partial charge >= 0.3 is 30.5 Å². The van der Waals surface area contributed by atoms with E-state index >= 15 is 0 Å². The number of carbonyl (C=O) groups excluding carboxylic acids is 2. The molecule has 0 aromatic carbocycles. The lowest BCUT2D eigenvalue weighted by atomic mass is 9.73. The standard InChI is InChI=1S/C9H7F9O4/c1-21-4(19)3(7(10,11)12)6(5(20)22-2,8(13,14)15)9(16,17)18/h3H,1-2H3. The maximum Gasteiger partial charge on any atom is 0.415 e. The first-order valence-electron chi connectivity index (χ1n) is 4.95. The normalized spacial score (nSPS) is 15.2. The fraction of sp³-hybridized carbons (Fsp3) is 0.778. The van der Waals surface area contributed by atoms with E-state index < -0.39 is 41.8 Å². The Morgan fingerprint density at radius 1 is 0.773 bits per heavy atom. The van der Waals surface area contributed by atoms with E-state index in [1.54, 1.807) is 0 Å². The molecule has 0 spiro atoms. The number of alkyl halides is 9. The molecule has 0 N–H and O–H groups in total. The minimum Gasteiger partial charge on any atom is -0.469 e. The van der Waals surface area contributed by atoms with Gasteiger partial charge in [-0.1, -0.05) is 0 Å². The van der Waals surface area contributed by atoms with Crippen LogP contribution in [0.3, 0.4) is 0 Å². The number of esters is 2. The van der Waals surface area contributed by atoms with Crippen LogP contribution in [0.5, 0.6) is 0 Å². The molecule has 1 unspecified atom stereocenters. The van der Waals surface area contributed by atoms with Crippen LogP contribution >= 0.6 is 0 Å². The van der Waals surface area contributed by atoms with E-state index in [2.05, 4.69) is 9.47 Å². The second kappa shape index (κ2) is 5.83. The summed E-state index contributed by atoms with van der Waals surface area (Å²) in [7, 11) is 0.148. The maximum atomic E-state index is 12.9. The molecule has 0 radical (unpaired) electrons. The van der Waals surface area contributed by atoms with Crippen LogP contribution in [0.1, 0.15) is 0 Å². The van der Waals surface area contributed by atoms with Gasteiger partial charge < -0.3 is 9.47 Å². The highest BCUT2D eigenvalue weighted by molar-refractivity contribution is 5.87. The molecule has 0 fully saturated rings. The topological polar surface area (TPSA) is 52.6 Å². The van der Waals surface area contributed by atoms with Crippen molar-refractivity contribution in [3.05, 3.63) is 0 Å². The maximum absolute atomic E-state index is 12.9. The lowest BCUT2D eigenvalue weighted by Gasteiger charge is -2.39. The highest BCUT2D eigenvalue weighted by atomic mass is 19.4. The molecule has 0 aromatic heterocycles. The summed E-state index contributed by atoms with van der Waals surface area (Å²) in [5.41, 5.74) is -6.15. The van der Waals surface area contributed by atoms with E-state index in [9.17, 15) is 49.1 Å². The van der Waals surface area contributed by atoms with E-state index in [0.717, 1.165) is 0 Å². The molecule has 4 nitrogen and oxygen atoms in total. The molecule has 0 aliphatic carbocycles. The minimum absolute atomic E-state index is 0.0132. The zero-order valence-corrected chi connectivity index (χ0v) is 10.6. The summed E-state index contributed by atoms with van der Waals surface area (Å²) >= 11 is 0. The fourth-order valence-electron chi connectivity index (χ4n) is 1.67. The van der Waals surface area contributed by atoms with Gasteiger partial charge in [-0.2, -0.15) is 39.5 Å². The molecule has 0 rings (SSSR count). The Hall–Kier alpha value is -1.69. The Bertz CT molecular complexity index is 420. The fourth-order valence-corrected chi connectivity index (χ4v) is 1.67. The highest BCUT2D eigenvalue weighted by Gasteiger charge is 2.86. The average molecular weight is 350 g/mol. The van der Waals surface area contributed by atoms with Crippen molar-refractivity contribution in [2.45, 2.75) is 18.5 Å².